The summed E-state index contributed by atoms with van der Waals surface area (Å²) in [7, 11) is 3.11. The highest BCUT2D eigenvalue weighted by molar-refractivity contribution is 5.54. The minimum absolute atomic E-state index is 0.357. The van der Waals surface area contributed by atoms with E-state index in [0.717, 1.165) is 18.4 Å². The highest BCUT2D eigenvalue weighted by atomic mass is 19.1. The van der Waals surface area contributed by atoms with Gasteiger partial charge in [0.05, 0.1) is 14.2 Å². The number of benzene rings is 1. The molecular weight excluding hydrogens is 209 g/mol. The van der Waals surface area contributed by atoms with Gasteiger partial charge in [0.1, 0.15) is 6.67 Å². The Labute approximate surface area is 94.3 Å². The summed E-state index contributed by atoms with van der Waals surface area (Å²) in [6, 6.07) is 3.42. The van der Waals surface area contributed by atoms with Crippen molar-refractivity contribution in [3.05, 3.63) is 23.3 Å². The SMILES string of the molecule is COc1cc(CF)cc(C2(N)CC2)c1OC. The van der Waals surface area contributed by atoms with E-state index in [-0.39, 0.29) is 5.54 Å². The molecule has 0 unspecified atom stereocenters. The fraction of sp³-hybridized carbons (Fsp3) is 0.500. The van der Waals surface area contributed by atoms with Crippen LogP contribution in [0.3, 0.4) is 0 Å². The van der Waals surface area contributed by atoms with Crippen molar-refractivity contribution >= 4 is 0 Å². The maximum atomic E-state index is 12.7. The molecule has 0 bridgehead atoms. The smallest absolute Gasteiger partial charge is 0.165 e. The van der Waals surface area contributed by atoms with Gasteiger partial charge in [0.25, 0.3) is 0 Å². The van der Waals surface area contributed by atoms with E-state index in [1.54, 1.807) is 26.4 Å². The van der Waals surface area contributed by atoms with Gasteiger partial charge in [-0.05, 0) is 30.5 Å². The van der Waals surface area contributed by atoms with Crippen LogP contribution in [0, 0.1) is 0 Å². The average Bonchev–Trinajstić information content (AvgIpc) is 3.06. The van der Waals surface area contributed by atoms with Gasteiger partial charge >= 0.3 is 0 Å². The van der Waals surface area contributed by atoms with Crippen LogP contribution in [0.5, 0.6) is 11.5 Å². The van der Waals surface area contributed by atoms with Gasteiger partial charge in [-0.15, -0.1) is 0 Å². The molecule has 16 heavy (non-hydrogen) atoms. The Kier molecular flexibility index (Phi) is 2.76. The summed E-state index contributed by atoms with van der Waals surface area (Å²) in [6.45, 7) is -0.524. The van der Waals surface area contributed by atoms with Crippen molar-refractivity contribution in [1.29, 1.82) is 0 Å². The lowest BCUT2D eigenvalue weighted by Gasteiger charge is -2.18. The Morgan fingerprint density at radius 3 is 2.44 bits per heavy atom. The number of ether oxygens (including phenoxy) is 2. The number of alkyl halides is 1. The van der Waals surface area contributed by atoms with Gasteiger partial charge in [-0.2, -0.15) is 0 Å². The second-order valence-electron chi connectivity index (χ2n) is 4.17. The van der Waals surface area contributed by atoms with Crippen LogP contribution in [0.4, 0.5) is 4.39 Å². The second kappa shape index (κ2) is 3.94. The first-order valence-electron chi connectivity index (χ1n) is 5.25. The lowest BCUT2D eigenvalue weighted by atomic mass is 10.0. The summed E-state index contributed by atoms with van der Waals surface area (Å²) in [5, 5.41) is 0. The summed E-state index contributed by atoms with van der Waals surface area (Å²) < 4.78 is 23.2. The van der Waals surface area contributed by atoms with Crippen molar-refractivity contribution in [2.24, 2.45) is 5.73 Å². The standard InChI is InChI=1S/C12H16FNO2/c1-15-10-6-8(7-13)5-9(11(10)16-2)12(14)3-4-12/h5-6H,3-4,7,14H2,1-2H3. The molecule has 1 aliphatic rings. The zero-order valence-corrected chi connectivity index (χ0v) is 9.55. The Morgan fingerprint density at radius 2 is 2.00 bits per heavy atom. The van der Waals surface area contributed by atoms with E-state index in [2.05, 4.69) is 0 Å². The van der Waals surface area contributed by atoms with E-state index in [1.807, 2.05) is 0 Å². The highest BCUT2D eigenvalue weighted by Crippen LogP contribution is 2.49. The minimum atomic E-state index is -0.524. The minimum Gasteiger partial charge on any atom is -0.493 e. The molecule has 2 N–H and O–H groups in total. The van der Waals surface area contributed by atoms with Gasteiger partial charge in [0, 0.05) is 11.1 Å². The predicted molar refractivity (Wildman–Crippen MR) is 59.5 cm³/mol. The summed E-state index contributed by atoms with van der Waals surface area (Å²) in [5.74, 6) is 1.17. The number of hydrogen-bond donors (Lipinski definition) is 1. The van der Waals surface area contributed by atoms with Crippen LogP contribution in [0.25, 0.3) is 0 Å². The Bertz CT molecular complexity index is 402. The Hall–Kier alpha value is -1.29. The molecule has 0 aliphatic heterocycles. The van der Waals surface area contributed by atoms with Crippen molar-refractivity contribution in [3.63, 3.8) is 0 Å². The molecule has 1 aromatic rings. The average molecular weight is 225 g/mol. The van der Waals surface area contributed by atoms with E-state index in [4.69, 9.17) is 15.2 Å². The lowest BCUT2D eigenvalue weighted by molar-refractivity contribution is 0.347. The van der Waals surface area contributed by atoms with Crippen molar-refractivity contribution < 1.29 is 13.9 Å². The van der Waals surface area contributed by atoms with Gasteiger partial charge in [0.15, 0.2) is 11.5 Å². The third-order valence-electron chi connectivity index (χ3n) is 3.02. The molecule has 0 heterocycles. The van der Waals surface area contributed by atoms with E-state index in [0.29, 0.717) is 17.1 Å². The third kappa shape index (κ3) is 1.73. The van der Waals surface area contributed by atoms with Gasteiger partial charge in [-0.25, -0.2) is 4.39 Å². The van der Waals surface area contributed by atoms with Gasteiger partial charge in [0.2, 0.25) is 0 Å². The molecule has 0 spiro atoms. The van der Waals surface area contributed by atoms with Crippen molar-refractivity contribution in [2.75, 3.05) is 14.2 Å². The first-order chi connectivity index (χ1) is 7.64. The van der Waals surface area contributed by atoms with Gasteiger partial charge in [-0.1, -0.05) is 0 Å². The van der Waals surface area contributed by atoms with Crippen LogP contribution < -0.4 is 15.2 Å². The van der Waals surface area contributed by atoms with Crippen LogP contribution in [0.2, 0.25) is 0 Å². The van der Waals surface area contributed by atoms with E-state index in [9.17, 15) is 4.39 Å². The molecule has 4 heteroatoms. The molecule has 0 aromatic heterocycles. The Balaban J connectivity index is 2.55. The first kappa shape index (κ1) is 11.2. The summed E-state index contributed by atoms with van der Waals surface area (Å²) in [6.07, 6.45) is 1.81. The third-order valence-corrected chi connectivity index (χ3v) is 3.02. The van der Waals surface area contributed by atoms with E-state index < -0.39 is 6.67 Å². The lowest BCUT2D eigenvalue weighted by Crippen LogP contribution is -2.20. The summed E-state index contributed by atoms with van der Waals surface area (Å²) >= 11 is 0. The monoisotopic (exact) mass is 225 g/mol. The molecule has 2 rings (SSSR count). The molecule has 88 valence electrons. The number of halogens is 1. The molecule has 1 aromatic carbocycles. The highest BCUT2D eigenvalue weighted by Gasteiger charge is 2.43. The molecule has 1 saturated carbocycles. The molecule has 0 amide bonds. The van der Waals surface area contributed by atoms with Gasteiger partial charge < -0.3 is 15.2 Å². The number of rotatable bonds is 4. The molecule has 3 nitrogen and oxygen atoms in total. The molecule has 0 radical (unpaired) electrons. The van der Waals surface area contributed by atoms with Crippen LogP contribution in [-0.2, 0) is 12.2 Å². The molecule has 1 fully saturated rings. The Morgan fingerprint density at radius 1 is 1.31 bits per heavy atom. The zero-order valence-electron chi connectivity index (χ0n) is 9.55. The fourth-order valence-corrected chi connectivity index (χ4v) is 1.87. The van der Waals surface area contributed by atoms with Crippen LogP contribution in [0.1, 0.15) is 24.0 Å². The molecule has 0 saturated heterocycles. The normalized spacial score (nSPS) is 17.0. The summed E-state index contributed by atoms with van der Waals surface area (Å²) in [4.78, 5) is 0. The fourth-order valence-electron chi connectivity index (χ4n) is 1.87. The maximum Gasteiger partial charge on any atom is 0.165 e. The first-order valence-corrected chi connectivity index (χ1v) is 5.25. The zero-order chi connectivity index (χ0) is 11.8. The van der Waals surface area contributed by atoms with Crippen LogP contribution >= 0.6 is 0 Å². The van der Waals surface area contributed by atoms with Crippen molar-refractivity contribution in [2.45, 2.75) is 25.1 Å². The summed E-state index contributed by atoms with van der Waals surface area (Å²) in [5.41, 5.74) is 7.20. The maximum absolute atomic E-state index is 12.7. The molecular formula is C12H16FNO2. The van der Waals surface area contributed by atoms with Crippen molar-refractivity contribution in [1.82, 2.24) is 0 Å². The van der Waals surface area contributed by atoms with E-state index >= 15 is 0 Å². The molecule has 1 aliphatic carbocycles. The van der Waals surface area contributed by atoms with Gasteiger partial charge in [-0.3, -0.25) is 0 Å². The topological polar surface area (TPSA) is 44.5 Å². The number of hydrogen-bond acceptors (Lipinski definition) is 3. The largest absolute Gasteiger partial charge is 0.493 e. The quantitative estimate of drug-likeness (QED) is 0.853. The number of methoxy groups -OCH3 is 2. The predicted octanol–water partition coefficient (Wildman–Crippen LogP) is 2.12. The number of nitrogens with two attached hydrogens (primary N) is 1. The van der Waals surface area contributed by atoms with E-state index in [1.165, 1.54) is 0 Å². The van der Waals surface area contributed by atoms with Crippen LogP contribution in [-0.4, -0.2) is 14.2 Å². The van der Waals surface area contributed by atoms with Crippen molar-refractivity contribution in [3.8, 4) is 11.5 Å². The molecule has 0 atom stereocenters. The van der Waals surface area contributed by atoms with Crippen LogP contribution in [0.15, 0.2) is 12.1 Å². The second-order valence-corrected chi connectivity index (χ2v) is 4.17.